The minimum atomic E-state index is -0.426. The Morgan fingerprint density at radius 1 is 1.11 bits per heavy atom. The van der Waals surface area contributed by atoms with E-state index < -0.39 is 4.92 Å². The second-order valence-corrected chi connectivity index (χ2v) is 10.5. The molecule has 3 aromatic carbocycles. The van der Waals surface area contributed by atoms with Crippen LogP contribution < -0.4 is 10.2 Å². The largest absolute Gasteiger partial charge is 0.384 e. The summed E-state index contributed by atoms with van der Waals surface area (Å²) < 4.78 is 0. The summed E-state index contributed by atoms with van der Waals surface area (Å²) >= 11 is 2.60. The Labute approximate surface area is 228 Å². The Balaban J connectivity index is 1.55. The van der Waals surface area contributed by atoms with Crippen LogP contribution >= 0.6 is 23.5 Å². The molecule has 0 bridgehead atoms. The second kappa shape index (κ2) is 10.6. The fourth-order valence-corrected chi connectivity index (χ4v) is 6.50. The number of rotatable bonds is 6. The Kier molecular flexibility index (Phi) is 7.09. The molecule has 0 radical (unpaired) electrons. The molecule has 38 heavy (non-hydrogen) atoms. The van der Waals surface area contributed by atoms with Gasteiger partial charge in [-0.3, -0.25) is 19.8 Å². The van der Waals surface area contributed by atoms with Gasteiger partial charge in [-0.1, -0.05) is 42.1 Å². The normalized spacial score (nSPS) is 17.6. The van der Waals surface area contributed by atoms with Crippen molar-refractivity contribution in [1.29, 1.82) is 5.26 Å². The van der Waals surface area contributed by atoms with Crippen molar-refractivity contribution in [2.45, 2.75) is 18.4 Å². The number of nitrogens with zero attached hydrogens (tertiary/aromatic N) is 5. The third kappa shape index (κ3) is 4.83. The highest BCUT2D eigenvalue weighted by Crippen LogP contribution is 2.51. The average Bonchev–Trinajstić information content (AvgIpc) is 3.41. The Bertz CT molecular complexity index is 1550. The molecule has 1 amide bonds. The molecule has 0 atom stereocenters. The van der Waals surface area contributed by atoms with Crippen molar-refractivity contribution in [3.05, 3.63) is 97.9 Å². The van der Waals surface area contributed by atoms with E-state index in [-0.39, 0.29) is 11.6 Å². The van der Waals surface area contributed by atoms with Crippen LogP contribution in [0.25, 0.3) is 0 Å². The van der Waals surface area contributed by atoms with Crippen LogP contribution in [-0.4, -0.2) is 34.5 Å². The van der Waals surface area contributed by atoms with E-state index >= 15 is 0 Å². The van der Waals surface area contributed by atoms with Gasteiger partial charge in [-0.2, -0.15) is 5.26 Å². The van der Waals surface area contributed by atoms with Crippen LogP contribution in [0.3, 0.4) is 0 Å². The molecule has 1 saturated heterocycles. The van der Waals surface area contributed by atoms with Gasteiger partial charge in [-0.15, -0.1) is 0 Å². The number of hydrogen-bond acceptors (Lipinski definition) is 9. The number of fused-ring (bicyclic) bond motifs is 1. The van der Waals surface area contributed by atoms with E-state index in [4.69, 9.17) is 4.99 Å². The van der Waals surface area contributed by atoms with Gasteiger partial charge in [0.15, 0.2) is 5.17 Å². The van der Waals surface area contributed by atoms with Gasteiger partial charge >= 0.3 is 0 Å². The molecule has 0 unspecified atom stereocenters. The van der Waals surface area contributed by atoms with E-state index in [1.807, 2.05) is 61.3 Å². The molecule has 1 fully saturated rings. The molecule has 0 spiro atoms. The number of nitro groups is 1. The zero-order valence-electron chi connectivity index (χ0n) is 20.5. The predicted molar refractivity (Wildman–Crippen MR) is 151 cm³/mol. The smallest absolute Gasteiger partial charge is 0.270 e. The van der Waals surface area contributed by atoms with Gasteiger partial charge in [-0.05, 0) is 48.5 Å². The quantitative estimate of drug-likeness (QED) is 0.227. The van der Waals surface area contributed by atoms with Crippen LogP contribution in [0.5, 0.6) is 0 Å². The summed E-state index contributed by atoms with van der Waals surface area (Å²) in [6.45, 7) is 2.97. The minimum Gasteiger partial charge on any atom is -0.384 e. The number of amidine groups is 1. The Hall–Kier alpha value is -4.27. The van der Waals surface area contributed by atoms with Crippen molar-refractivity contribution >= 4 is 57.3 Å². The number of carbonyl (C=O) groups excluding carboxylic acids is 1. The standard InChI is InChI=1S/C27H22N6O3S2/c1-3-29-21-11-9-19(13-18(21)15-28)30-27-32(16-17-7-5-4-6-8-17)25(34)24(38-27)26-31(2)22-12-10-20(33(35)36)14-23(22)37-26/h4-14,29H,3,16H2,1-2H3/b26-24+,30-27?. The maximum atomic E-state index is 13.8. The molecule has 2 aliphatic heterocycles. The number of nitriles is 1. The topological polar surface area (TPSA) is 115 Å². The molecule has 3 aromatic rings. The van der Waals surface area contributed by atoms with Crippen LogP contribution in [0.2, 0.25) is 0 Å². The molecule has 2 heterocycles. The lowest BCUT2D eigenvalue weighted by Gasteiger charge is -2.17. The first-order valence-corrected chi connectivity index (χ1v) is 13.4. The number of non-ortho nitro benzene ring substituents is 1. The van der Waals surface area contributed by atoms with Crippen LogP contribution in [-0.2, 0) is 11.3 Å². The molecular weight excluding hydrogens is 520 g/mol. The summed E-state index contributed by atoms with van der Waals surface area (Å²) in [7, 11) is 1.84. The predicted octanol–water partition coefficient (Wildman–Crippen LogP) is 6.07. The monoisotopic (exact) mass is 542 g/mol. The zero-order chi connectivity index (χ0) is 26.8. The molecule has 11 heteroatoms. The molecule has 1 N–H and O–H groups in total. The SMILES string of the molecule is CCNc1ccc(N=C2S/C(=C3/Sc4cc([N+](=O)[O-])ccc4N3C)C(=O)N2Cc2ccccc2)cc1C#N. The maximum absolute atomic E-state index is 13.8. The van der Waals surface area contributed by atoms with E-state index in [1.165, 1.54) is 35.7 Å². The van der Waals surface area contributed by atoms with Crippen molar-refractivity contribution in [3.63, 3.8) is 0 Å². The zero-order valence-corrected chi connectivity index (χ0v) is 22.2. The fourth-order valence-electron chi connectivity index (χ4n) is 4.13. The number of nitro benzene ring substituents is 1. The average molecular weight is 543 g/mol. The van der Waals surface area contributed by atoms with Crippen molar-refractivity contribution in [1.82, 2.24) is 4.90 Å². The van der Waals surface area contributed by atoms with Gasteiger partial charge < -0.3 is 10.2 Å². The van der Waals surface area contributed by atoms with Gasteiger partial charge in [0.1, 0.15) is 11.0 Å². The lowest BCUT2D eigenvalue weighted by Crippen LogP contribution is -2.29. The summed E-state index contributed by atoms with van der Waals surface area (Å²) in [5.41, 5.74) is 3.52. The van der Waals surface area contributed by atoms with Crippen LogP contribution in [0.15, 0.2) is 86.6 Å². The fraction of sp³-hybridized carbons (Fsp3) is 0.148. The number of hydrogen-bond donors (Lipinski definition) is 1. The highest BCUT2D eigenvalue weighted by Gasteiger charge is 2.39. The summed E-state index contributed by atoms with van der Waals surface area (Å²) in [6.07, 6.45) is 0. The van der Waals surface area contributed by atoms with Gasteiger partial charge in [-0.25, -0.2) is 4.99 Å². The highest BCUT2D eigenvalue weighted by atomic mass is 32.2. The summed E-state index contributed by atoms with van der Waals surface area (Å²) in [6, 6.07) is 21.9. The van der Waals surface area contributed by atoms with Gasteiger partial charge in [0, 0.05) is 30.6 Å². The number of nitrogens with one attached hydrogen (secondary N) is 1. The maximum Gasteiger partial charge on any atom is 0.270 e. The molecule has 2 aliphatic rings. The van der Waals surface area contributed by atoms with Crippen LogP contribution in [0, 0.1) is 21.4 Å². The number of thioether (sulfide) groups is 2. The van der Waals surface area contributed by atoms with Crippen molar-refractivity contribution in [2.24, 2.45) is 4.99 Å². The third-order valence-corrected chi connectivity index (χ3v) is 8.40. The van der Waals surface area contributed by atoms with Crippen LogP contribution in [0.1, 0.15) is 18.1 Å². The lowest BCUT2D eigenvalue weighted by atomic mass is 10.1. The first-order valence-electron chi connectivity index (χ1n) is 11.7. The Morgan fingerprint density at radius 3 is 2.61 bits per heavy atom. The molecule has 0 aromatic heterocycles. The van der Waals surface area contributed by atoms with E-state index in [0.29, 0.717) is 39.4 Å². The van der Waals surface area contributed by atoms with E-state index in [9.17, 15) is 20.2 Å². The Morgan fingerprint density at radius 2 is 1.89 bits per heavy atom. The molecule has 5 rings (SSSR count). The van der Waals surface area contributed by atoms with Gasteiger partial charge in [0.2, 0.25) is 0 Å². The number of benzene rings is 3. The van der Waals surface area contributed by atoms with Crippen molar-refractivity contribution in [3.8, 4) is 6.07 Å². The summed E-state index contributed by atoms with van der Waals surface area (Å²) in [4.78, 5) is 34.1. The minimum absolute atomic E-state index is 0.00330. The first-order chi connectivity index (χ1) is 18.4. The molecule has 190 valence electrons. The molecule has 0 saturated carbocycles. The molecule has 0 aliphatic carbocycles. The highest BCUT2D eigenvalue weighted by molar-refractivity contribution is 8.19. The number of aliphatic imine (C=N–C) groups is 1. The van der Waals surface area contributed by atoms with E-state index in [0.717, 1.165) is 21.8 Å². The van der Waals surface area contributed by atoms with Gasteiger partial charge in [0.05, 0.1) is 39.1 Å². The number of amides is 1. The third-order valence-electron chi connectivity index (χ3n) is 5.98. The number of anilines is 2. The van der Waals surface area contributed by atoms with Crippen molar-refractivity contribution in [2.75, 3.05) is 23.8 Å². The summed E-state index contributed by atoms with van der Waals surface area (Å²) in [5, 5.41) is 25.2. The van der Waals surface area contributed by atoms with Crippen molar-refractivity contribution < 1.29 is 9.72 Å². The first kappa shape index (κ1) is 25.4. The van der Waals surface area contributed by atoms with E-state index in [1.54, 1.807) is 17.0 Å². The summed E-state index contributed by atoms with van der Waals surface area (Å²) in [5.74, 6) is -0.195. The van der Waals surface area contributed by atoms with Gasteiger partial charge in [0.25, 0.3) is 11.6 Å². The van der Waals surface area contributed by atoms with Crippen LogP contribution in [0.4, 0.5) is 22.7 Å². The second-order valence-electron chi connectivity index (χ2n) is 8.45. The van der Waals surface area contributed by atoms with E-state index in [2.05, 4.69) is 11.4 Å². The number of carbonyl (C=O) groups is 1. The molecular formula is C27H22N6O3S2. The lowest BCUT2D eigenvalue weighted by molar-refractivity contribution is -0.385. The molecule has 9 nitrogen and oxygen atoms in total.